The number of aromatic amines is 1. The van der Waals surface area contributed by atoms with E-state index < -0.39 is 5.91 Å². The van der Waals surface area contributed by atoms with Crippen LogP contribution in [0, 0.1) is 6.92 Å². The average Bonchev–Trinajstić information content (AvgIpc) is 2.87. The number of hydrogen-bond donors (Lipinski definition) is 2. The number of alkyl halides is 1. The predicted octanol–water partition coefficient (Wildman–Crippen LogP) is 1.09. The molecule has 0 unspecified atom stereocenters. The molecule has 0 aromatic carbocycles. The Labute approximate surface area is 95.2 Å². The normalized spacial score (nSPS) is 10.4. The molecule has 0 aliphatic heterocycles. The van der Waals surface area contributed by atoms with Crippen molar-refractivity contribution in [1.29, 1.82) is 0 Å². The van der Waals surface area contributed by atoms with Crippen LogP contribution in [0.5, 0.6) is 0 Å². The van der Waals surface area contributed by atoms with E-state index >= 15 is 0 Å². The number of halogens is 1. The molecule has 0 bridgehead atoms. The van der Waals surface area contributed by atoms with E-state index in [1.807, 2.05) is 0 Å². The maximum Gasteiger partial charge on any atom is 0.293 e. The van der Waals surface area contributed by atoms with Gasteiger partial charge >= 0.3 is 0 Å². The van der Waals surface area contributed by atoms with Gasteiger partial charge in [-0.2, -0.15) is 5.21 Å². The minimum atomic E-state index is -0.444. The van der Waals surface area contributed by atoms with Gasteiger partial charge in [0.2, 0.25) is 0 Å². The molecule has 2 aromatic heterocycles. The molecule has 0 saturated heterocycles. The summed E-state index contributed by atoms with van der Waals surface area (Å²) in [5.74, 6) is 0.726. The number of tetrazole rings is 1. The van der Waals surface area contributed by atoms with Crippen molar-refractivity contribution in [3.63, 3.8) is 0 Å². The monoisotopic (exact) mass is 241 g/mol. The fourth-order valence-electron chi connectivity index (χ4n) is 1.14. The zero-order valence-corrected chi connectivity index (χ0v) is 9.08. The minimum Gasteiger partial charge on any atom is -0.456 e. The molecule has 2 heterocycles. The quantitative estimate of drug-likeness (QED) is 0.784. The van der Waals surface area contributed by atoms with Gasteiger partial charge in [-0.3, -0.25) is 10.1 Å². The summed E-state index contributed by atoms with van der Waals surface area (Å²) < 4.78 is 5.23. The molecule has 0 aliphatic carbocycles. The van der Waals surface area contributed by atoms with Crippen LogP contribution in [0.1, 0.15) is 21.9 Å². The number of H-pyrrole nitrogens is 1. The van der Waals surface area contributed by atoms with E-state index in [1.165, 1.54) is 0 Å². The third-order valence-electron chi connectivity index (χ3n) is 1.96. The number of nitrogens with zero attached hydrogens (tertiary/aromatic N) is 3. The van der Waals surface area contributed by atoms with Crippen LogP contribution in [0.25, 0.3) is 0 Å². The summed E-state index contributed by atoms with van der Waals surface area (Å²) in [6.45, 7) is 1.74. The highest BCUT2D eigenvalue weighted by Crippen LogP contribution is 2.17. The Bertz CT molecular complexity index is 493. The van der Waals surface area contributed by atoms with Gasteiger partial charge in [-0.1, -0.05) is 5.10 Å². The van der Waals surface area contributed by atoms with E-state index in [9.17, 15) is 4.79 Å². The van der Waals surface area contributed by atoms with Gasteiger partial charge in [0.1, 0.15) is 5.76 Å². The molecular formula is C8H8ClN5O2. The van der Waals surface area contributed by atoms with Crippen LogP contribution in [-0.2, 0) is 5.88 Å². The first kappa shape index (κ1) is 10.6. The van der Waals surface area contributed by atoms with Gasteiger partial charge in [0.15, 0.2) is 5.76 Å². The number of nitrogens with one attached hydrogen (secondary N) is 2. The third kappa shape index (κ3) is 2.03. The zero-order chi connectivity index (χ0) is 11.5. The summed E-state index contributed by atoms with van der Waals surface area (Å²) in [4.78, 5) is 11.6. The van der Waals surface area contributed by atoms with Crippen molar-refractivity contribution in [2.45, 2.75) is 12.8 Å². The lowest BCUT2D eigenvalue weighted by Gasteiger charge is -1.94. The molecule has 0 radical (unpaired) electrons. The summed E-state index contributed by atoms with van der Waals surface area (Å²) in [6.07, 6.45) is 0. The Hall–Kier alpha value is -1.89. The molecule has 0 saturated carbocycles. The molecule has 0 aliphatic rings. The van der Waals surface area contributed by atoms with Crippen molar-refractivity contribution in [3.8, 4) is 0 Å². The Kier molecular flexibility index (Phi) is 2.86. The number of amides is 1. The van der Waals surface area contributed by atoms with E-state index in [4.69, 9.17) is 16.0 Å². The highest BCUT2D eigenvalue weighted by molar-refractivity contribution is 6.17. The topological polar surface area (TPSA) is 96.7 Å². The summed E-state index contributed by atoms with van der Waals surface area (Å²) in [6, 6.07) is 1.58. The molecule has 0 atom stereocenters. The van der Waals surface area contributed by atoms with Gasteiger partial charge in [0.25, 0.3) is 11.9 Å². The van der Waals surface area contributed by atoms with Gasteiger partial charge in [0.05, 0.1) is 5.88 Å². The number of carbonyl (C=O) groups is 1. The van der Waals surface area contributed by atoms with Crippen molar-refractivity contribution < 1.29 is 9.21 Å². The number of anilines is 1. The zero-order valence-electron chi connectivity index (χ0n) is 8.32. The van der Waals surface area contributed by atoms with E-state index in [0.29, 0.717) is 11.6 Å². The second-order valence-corrected chi connectivity index (χ2v) is 3.28. The number of aryl methyl sites for hydroxylation is 1. The van der Waals surface area contributed by atoms with Crippen molar-refractivity contribution >= 4 is 23.5 Å². The number of hydrogen-bond acceptors (Lipinski definition) is 5. The molecule has 2 rings (SSSR count). The first-order valence-corrected chi connectivity index (χ1v) is 4.94. The van der Waals surface area contributed by atoms with Gasteiger partial charge in [-0.15, -0.1) is 16.7 Å². The van der Waals surface area contributed by atoms with E-state index in [1.54, 1.807) is 13.0 Å². The molecule has 2 N–H and O–H groups in total. The van der Waals surface area contributed by atoms with Gasteiger partial charge in [-0.05, 0) is 18.2 Å². The Morgan fingerprint density at radius 1 is 1.69 bits per heavy atom. The van der Waals surface area contributed by atoms with Crippen LogP contribution in [0.4, 0.5) is 5.95 Å². The maximum atomic E-state index is 11.6. The number of furan rings is 1. The molecule has 16 heavy (non-hydrogen) atoms. The van der Waals surface area contributed by atoms with Crippen LogP contribution in [0.3, 0.4) is 0 Å². The number of rotatable bonds is 3. The molecule has 2 aromatic rings. The standard InChI is InChI=1S/C8H8ClN5O2/c1-4-5(3-9)2-6(16-4)7(15)10-8-11-13-14-12-8/h2H,3H2,1H3,(H2,10,11,12,13,14,15). The van der Waals surface area contributed by atoms with Crippen LogP contribution in [0.2, 0.25) is 0 Å². The molecule has 7 nitrogen and oxygen atoms in total. The van der Waals surface area contributed by atoms with E-state index in [2.05, 4.69) is 25.9 Å². The summed E-state index contributed by atoms with van der Waals surface area (Å²) in [5.41, 5.74) is 0.778. The first-order valence-electron chi connectivity index (χ1n) is 4.40. The summed E-state index contributed by atoms with van der Waals surface area (Å²) in [5, 5.41) is 15.1. The highest BCUT2D eigenvalue weighted by atomic mass is 35.5. The molecule has 8 heteroatoms. The second kappa shape index (κ2) is 4.31. The molecule has 0 fully saturated rings. The number of aromatic nitrogens is 4. The van der Waals surface area contributed by atoms with E-state index in [-0.39, 0.29) is 11.7 Å². The molecule has 1 amide bonds. The minimum absolute atomic E-state index is 0.0893. The van der Waals surface area contributed by atoms with Crippen molar-refractivity contribution in [2.24, 2.45) is 0 Å². The molecule has 84 valence electrons. The van der Waals surface area contributed by atoms with Crippen LogP contribution in [-0.4, -0.2) is 26.5 Å². The Morgan fingerprint density at radius 3 is 3.06 bits per heavy atom. The fourth-order valence-corrected chi connectivity index (χ4v) is 1.41. The van der Waals surface area contributed by atoms with E-state index in [0.717, 1.165) is 5.56 Å². The third-order valence-corrected chi connectivity index (χ3v) is 2.25. The maximum absolute atomic E-state index is 11.6. The Morgan fingerprint density at radius 2 is 2.50 bits per heavy atom. The van der Waals surface area contributed by atoms with Gasteiger partial charge < -0.3 is 4.42 Å². The van der Waals surface area contributed by atoms with Crippen LogP contribution >= 0.6 is 11.6 Å². The lowest BCUT2D eigenvalue weighted by molar-refractivity contribution is 0.0994. The summed E-state index contributed by atoms with van der Waals surface area (Å²) >= 11 is 5.66. The predicted molar refractivity (Wildman–Crippen MR) is 55.1 cm³/mol. The highest BCUT2D eigenvalue weighted by Gasteiger charge is 2.15. The summed E-state index contributed by atoms with van der Waals surface area (Å²) in [7, 11) is 0. The SMILES string of the molecule is Cc1oc(C(=O)Nc2nn[nH]n2)cc1CCl. The van der Waals surface area contributed by atoms with Crippen LogP contribution < -0.4 is 5.32 Å². The Balaban J connectivity index is 2.15. The average molecular weight is 242 g/mol. The lowest BCUT2D eigenvalue weighted by Crippen LogP contribution is -2.12. The lowest BCUT2D eigenvalue weighted by atomic mass is 10.3. The van der Waals surface area contributed by atoms with Crippen LogP contribution in [0.15, 0.2) is 10.5 Å². The van der Waals surface area contributed by atoms with Crippen molar-refractivity contribution in [2.75, 3.05) is 5.32 Å². The molecule has 0 spiro atoms. The smallest absolute Gasteiger partial charge is 0.293 e. The fraction of sp³-hybridized carbons (Fsp3) is 0.250. The largest absolute Gasteiger partial charge is 0.456 e. The molecular weight excluding hydrogens is 234 g/mol. The van der Waals surface area contributed by atoms with Gasteiger partial charge in [0, 0.05) is 5.56 Å². The first-order chi connectivity index (χ1) is 7.70. The van der Waals surface area contributed by atoms with Crippen molar-refractivity contribution in [1.82, 2.24) is 20.6 Å². The van der Waals surface area contributed by atoms with Crippen molar-refractivity contribution in [3.05, 3.63) is 23.2 Å². The van der Waals surface area contributed by atoms with Gasteiger partial charge in [-0.25, -0.2) is 0 Å². The second-order valence-electron chi connectivity index (χ2n) is 3.02. The number of carbonyl (C=O) groups excluding carboxylic acids is 1.